The molecule has 0 aromatic heterocycles. The van der Waals surface area contributed by atoms with Crippen LogP contribution in [0.3, 0.4) is 0 Å². The quantitative estimate of drug-likeness (QED) is 0.443. The topological polar surface area (TPSA) is 53.0 Å². The van der Waals surface area contributed by atoms with Gasteiger partial charge in [-0.2, -0.15) is 5.26 Å². The van der Waals surface area contributed by atoms with E-state index in [4.69, 9.17) is 11.1 Å². The Bertz CT molecular complexity index is 103. The van der Waals surface area contributed by atoms with Crippen LogP contribution >= 0.6 is 0 Å². The van der Waals surface area contributed by atoms with Crippen molar-refractivity contribution >= 4 is 0 Å². The van der Waals surface area contributed by atoms with Crippen molar-refractivity contribution in [2.45, 2.75) is 26.3 Å². The van der Waals surface area contributed by atoms with E-state index in [-0.39, 0.29) is 0 Å². The Kier molecular flexibility index (Phi) is 4.02. The molecular formula is C6H13N3. The Hall–Kier alpha value is -0.590. The summed E-state index contributed by atoms with van der Waals surface area (Å²) in [5.41, 5.74) is 0. The van der Waals surface area contributed by atoms with Crippen LogP contribution in [0.25, 0.3) is 0 Å². The second-order valence-corrected chi connectivity index (χ2v) is 2.24. The zero-order valence-corrected chi connectivity index (χ0v) is 5.96. The first-order valence-electron chi connectivity index (χ1n) is 3.06. The normalized spacial score (nSPS) is 10.2. The zero-order chi connectivity index (χ0) is 7.28. The third kappa shape index (κ3) is 3.95. The van der Waals surface area contributed by atoms with Crippen molar-refractivity contribution in [3.63, 3.8) is 0 Å². The summed E-state index contributed by atoms with van der Waals surface area (Å²) in [6, 6.07) is 2.36. The van der Waals surface area contributed by atoms with E-state index in [0.717, 1.165) is 0 Å². The molecule has 0 bridgehead atoms. The van der Waals surface area contributed by atoms with Crippen molar-refractivity contribution in [2.75, 3.05) is 6.54 Å². The average Bonchev–Trinajstić information content (AvgIpc) is 1.82. The number of nitrogens with two attached hydrogens (primary N) is 1. The molecule has 3 nitrogen and oxygen atoms in total. The molecule has 0 amide bonds. The van der Waals surface area contributed by atoms with Crippen LogP contribution in [-0.2, 0) is 0 Å². The van der Waals surface area contributed by atoms with Crippen LogP contribution in [0.15, 0.2) is 0 Å². The van der Waals surface area contributed by atoms with E-state index >= 15 is 0 Å². The summed E-state index contributed by atoms with van der Waals surface area (Å²) in [6.07, 6.45) is 0.509. The molecule has 0 aromatic carbocycles. The Morgan fingerprint density at radius 3 is 2.56 bits per heavy atom. The lowest BCUT2D eigenvalue weighted by Crippen LogP contribution is -2.37. The van der Waals surface area contributed by atoms with Crippen molar-refractivity contribution in [3.05, 3.63) is 0 Å². The summed E-state index contributed by atoms with van der Waals surface area (Å²) >= 11 is 0. The van der Waals surface area contributed by atoms with Crippen LogP contribution in [0.1, 0.15) is 20.3 Å². The molecule has 0 aliphatic rings. The summed E-state index contributed by atoms with van der Waals surface area (Å²) in [5.74, 6) is 5.48. The fourth-order valence-electron chi connectivity index (χ4n) is 0.437. The SMILES string of the molecule is CC(C)N(N)CCC#N. The summed E-state index contributed by atoms with van der Waals surface area (Å²) in [7, 11) is 0. The third-order valence-corrected chi connectivity index (χ3v) is 1.15. The van der Waals surface area contributed by atoms with Gasteiger partial charge in [-0.1, -0.05) is 0 Å². The molecule has 0 aliphatic heterocycles. The number of rotatable bonds is 3. The smallest absolute Gasteiger partial charge is 0.0635 e. The van der Waals surface area contributed by atoms with E-state index in [1.54, 1.807) is 5.01 Å². The number of hydrazine groups is 1. The minimum Gasteiger partial charge on any atom is -0.269 e. The van der Waals surface area contributed by atoms with Crippen LogP contribution < -0.4 is 5.84 Å². The van der Waals surface area contributed by atoms with Gasteiger partial charge in [-0.25, -0.2) is 5.01 Å². The van der Waals surface area contributed by atoms with Gasteiger partial charge in [0.1, 0.15) is 0 Å². The molecule has 0 heterocycles. The molecule has 0 aromatic rings. The van der Waals surface area contributed by atoms with E-state index in [1.807, 2.05) is 19.9 Å². The van der Waals surface area contributed by atoms with Crippen molar-refractivity contribution in [2.24, 2.45) is 5.84 Å². The van der Waals surface area contributed by atoms with Crippen LogP contribution in [0.2, 0.25) is 0 Å². The highest BCUT2D eigenvalue weighted by molar-refractivity contribution is 4.71. The van der Waals surface area contributed by atoms with Crippen LogP contribution in [0.5, 0.6) is 0 Å². The highest BCUT2D eigenvalue weighted by Crippen LogP contribution is 1.89. The molecule has 3 heteroatoms. The predicted molar refractivity (Wildman–Crippen MR) is 36.3 cm³/mol. The number of nitriles is 1. The Balaban J connectivity index is 3.29. The molecule has 2 N–H and O–H groups in total. The van der Waals surface area contributed by atoms with Gasteiger partial charge in [0, 0.05) is 19.0 Å². The van der Waals surface area contributed by atoms with Gasteiger partial charge in [-0.15, -0.1) is 0 Å². The summed E-state index contributed by atoms with van der Waals surface area (Å²) < 4.78 is 0. The fraction of sp³-hybridized carbons (Fsp3) is 0.833. The summed E-state index contributed by atoms with van der Waals surface area (Å²) in [4.78, 5) is 0. The molecule has 0 atom stereocenters. The van der Waals surface area contributed by atoms with Crippen LogP contribution in [0.4, 0.5) is 0 Å². The molecule has 9 heavy (non-hydrogen) atoms. The maximum absolute atomic E-state index is 8.16. The van der Waals surface area contributed by atoms with Gasteiger partial charge < -0.3 is 0 Å². The molecule has 0 saturated heterocycles. The maximum atomic E-state index is 8.16. The largest absolute Gasteiger partial charge is 0.269 e. The third-order valence-electron chi connectivity index (χ3n) is 1.15. The first-order valence-corrected chi connectivity index (χ1v) is 3.06. The van der Waals surface area contributed by atoms with E-state index in [1.165, 1.54) is 0 Å². The lowest BCUT2D eigenvalue weighted by Gasteiger charge is -2.18. The van der Waals surface area contributed by atoms with Gasteiger partial charge in [0.05, 0.1) is 6.07 Å². The highest BCUT2D eigenvalue weighted by Gasteiger charge is 2.00. The van der Waals surface area contributed by atoms with Gasteiger partial charge in [-0.05, 0) is 13.8 Å². The van der Waals surface area contributed by atoms with Crippen molar-refractivity contribution in [3.8, 4) is 6.07 Å². The molecule has 0 radical (unpaired) electrons. The molecule has 0 unspecified atom stereocenters. The first kappa shape index (κ1) is 8.41. The average molecular weight is 127 g/mol. The standard InChI is InChI=1S/C6H13N3/c1-6(2)9(8)5-3-4-7/h6H,3,5,8H2,1-2H3. The molecule has 0 fully saturated rings. The second-order valence-electron chi connectivity index (χ2n) is 2.24. The minimum atomic E-state index is 0.332. The first-order chi connectivity index (χ1) is 4.18. The number of nitrogens with zero attached hydrogens (tertiary/aromatic N) is 2. The second kappa shape index (κ2) is 4.30. The molecule has 0 saturated carbocycles. The van der Waals surface area contributed by atoms with E-state index in [2.05, 4.69) is 0 Å². The van der Waals surface area contributed by atoms with E-state index in [0.29, 0.717) is 19.0 Å². The van der Waals surface area contributed by atoms with Crippen molar-refractivity contribution in [1.29, 1.82) is 5.26 Å². The Morgan fingerprint density at radius 1 is 1.67 bits per heavy atom. The molecule has 0 rings (SSSR count). The lowest BCUT2D eigenvalue weighted by molar-refractivity contribution is 0.233. The number of hydrogen-bond donors (Lipinski definition) is 1. The Morgan fingerprint density at radius 2 is 2.22 bits per heavy atom. The molecule has 0 aliphatic carbocycles. The minimum absolute atomic E-state index is 0.332. The fourth-order valence-corrected chi connectivity index (χ4v) is 0.437. The number of hydrogen-bond acceptors (Lipinski definition) is 3. The van der Waals surface area contributed by atoms with Gasteiger partial charge >= 0.3 is 0 Å². The van der Waals surface area contributed by atoms with E-state index < -0.39 is 0 Å². The van der Waals surface area contributed by atoms with Gasteiger partial charge in [0.15, 0.2) is 0 Å². The highest BCUT2D eigenvalue weighted by atomic mass is 15.4. The van der Waals surface area contributed by atoms with Gasteiger partial charge in [0.2, 0.25) is 0 Å². The summed E-state index contributed by atoms with van der Waals surface area (Å²) in [6.45, 7) is 4.66. The lowest BCUT2D eigenvalue weighted by atomic mass is 10.3. The van der Waals surface area contributed by atoms with E-state index in [9.17, 15) is 0 Å². The van der Waals surface area contributed by atoms with Gasteiger partial charge in [0.25, 0.3) is 0 Å². The van der Waals surface area contributed by atoms with Crippen LogP contribution in [0, 0.1) is 11.3 Å². The molecule has 52 valence electrons. The van der Waals surface area contributed by atoms with Gasteiger partial charge in [-0.3, -0.25) is 5.84 Å². The summed E-state index contributed by atoms with van der Waals surface area (Å²) in [5, 5.41) is 9.82. The Labute approximate surface area is 56.0 Å². The molecular weight excluding hydrogens is 114 g/mol. The van der Waals surface area contributed by atoms with Crippen molar-refractivity contribution < 1.29 is 0 Å². The molecule has 0 spiro atoms. The van der Waals surface area contributed by atoms with Crippen molar-refractivity contribution in [1.82, 2.24) is 5.01 Å². The monoisotopic (exact) mass is 127 g/mol. The van der Waals surface area contributed by atoms with Crippen LogP contribution in [-0.4, -0.2) is 17.6 Å². The maximum Gasteiger partial charge on any atom is 0.0635 e. The zero-order valence-electron chi connectivity index (χ0n) is 5.96. The predicted octanol–water partition coefficient (Wildman–Crippen LogP) is 0.484.